The number of rotatable bonds is 3. The molecule has 0 radical (unpaired) electrons. The zero-order chi connectivity index (χ0) is 17.2. The number of piperidine rings is 1. The van der Waals surface area contributed by atoms with Crippen molar-refractivity contribution < 1.29 is 14.5 Å². The first-order chi connectivity index (χ1) is 10.7. The third-order valence-electron chi connectivity index (χ3n) is 4.46. The molecule has 8 nitrogen and oxygen atoms in total. The summed E-state index contributed by atoms with van der Waals surface area (Å²) in [6.07, 6.45) is 2.26. The molecule has 2 aliphatic rings. The lowest BCUT2D eigenvalue weighted by Crippen LogP contribution is -2.54. The molecule has 0 aromatic carbocycles. The van der Waals surface area contributed by atoms with Gasteiger partial charge in [-0.3, -0.25) is 15.0 Å². The number of hydrogen-bond donors (Lipinski definition) is 1. The van der Waals surface area contributed by atoms with Crippen LogP contribution in [-0.4, -0.2) is 64.9 Å². The van der Waals surface area contributed by atoms with Crippen molar-refractivity contribution in [2.45, 2.75) is 70.4 Å². The third kappa shape index (κ3) is 4.78. The van der Waals surface area contributed by atoms with E-state index in [0.717, 1.165) is 32.4 Å². The van der Waals surface area contributed by atoms with Gasteiger partial charge in [0.05, 0.1) is 6.17 Å². The van der Waals surface area contributed by atoms with Crippen molar-refractivity contribution in [1.29, 1.82) is 0 Å². The zero-order valence-electron chi connectivity index (χ0n) is 14.4. The summed E-state index contributed by atoms with van der Waals surface area (Å²) < 4.78 is 5.40. The molecule has 3 atom stereocenters. The number of carbonyl (C=O) groups is 1. The maximum Gasteiger partial charge on any atom is 0.410 e. The van der Waals surface area contributed by atoms with Crippen molar-refractivity contribution in [2.75, 3.05) is 20.1 Å². The highest BCUT2D eigenvalue weighted by atomic mass is 16.6. The van der Waals surface area contributed by atoms with Crippen LogP contribution >= 0.6 is 0 Å². The van der Waals surface area contributed by atoms with E-state index in [2.05, 4.69) is 10.2 Å². The summed E-state index contributed by atoms with van der Waals surface area (Å²) in [5.74, 6) is 0. The minimum atomic E-state index is -0.656. The summed E-state index contributed by atoms with van der Waals surface area (Å²) in [5, 5.41) is 14.1. The average molecular weight is 328 g/mol. The number of nitro groups is 1. The quantitative estimate of drug-likeness (QED) is 0.626. The minimum absolute atomic E-state index is 0.0242. The first-order valence-electron chi connectivity index (χ1n) is 8.27. The molecule has 2 unspecified atom stereocenters. The molecule has 2 saturated heterocycles. The van der Waals surface area contributed by atoms with Gasteiger partial charge >= 0.3 is 6.09 Å². The van der Waals surface area contributed by atoms with Gasteiger partial charge < -0.3 is 9.64 Å². The van der Waals surface area contributed by atoms with Crippen LogP contribution in [0.4, 0.5) is 4.79 Å². The van der Waals surface area contributed by atoms with Gasteiger partial charge in [-0.25, -0.2) is 10.1 Å². The Balaban J connectivity index is 1.88. The van der Waals surface area contributed by atoms with E-state index in [0.29, 0.717) is 6.42 Å². The number of nitrogens with zero attached hydrogens (tertiary/aromatic N) is 3. The Labute approximate surface area is 137 Å². The first-order valence-corrected chi connectivity index (χ1v) is 8.27. The van der Waals surface area contributed by atoms with Gasteiger partial charge in [0.25, 0.3) is 6.17 Å². The average Bonchev–Trinajstić information content (AvgIpc) is 2.94. The number of likely N-dealkylation sites (tertiary alicyclic amines) is 1. The predicted molar refractivity (Wildman–Crippen MR) is 85.5 cm³/mol. The molecule has 132 valence electrons. The lowest BCUT2D eigenvalue weighted by atomic mass is 10.1. The maximum atomic E-state index is 12.2. The number of amides is 1. The van der Waals surface area contributed by atoms with Crippen LogP contribution in [0.15, 0.2) is 0 Å². The van der Waals surface area contributed by atoms with E-state index in [4.69, 9.17) is 4.74 Å². The molecule has 0 saturated carbocycles. The van der Waals surface area contributed by atoms with Crippen molar-refractivity contribution in [1.82, 2.24) is 15.1 Å². The molecule has 2 heterocycles. The Morgan fingerprint density at radius 2 is 2.04 bits per heavy atom. The fraction of sp³-hybridized carbons (Fsp3) is 0.933. The molecule has 0 bridgehead atoms. The van der Waals surface area contributed by atoms with Crippen LogP contribution < -0.4 is 5.32 Å². The molecule has 1 N–H and O–H groups in total. The lowest BCUT2D eigenvalue weighted by Gasteiger charge is -2.34. The molecule has 1 amide bonds. The van der Waals surface area contributed by atoms with E-state index in [-0.39, 0.29) is 23.2 Å². The fourth-order valence-electron chi connectivity index (χ4n) is 3.20. The molecule has 23 heavy (non-hydrogen) atoms. The molecule has 2 aliphatic heterocycles. The van der Waals surface area contributed by atoms with E-state index in [1.54, 1.807) is 11.9 Å². The summed E-state index contributed by atoms with van der Waals surface area (Å²) in [5.41, 5.74) is -0.506. The number of ether oxygens (including phenoxy) is 1. The minimum Gasteiger partial charge on any atom is -0.444 e. The van der Waals surface area contributed by atoms with Crippen molar-refractivity contribution in [2.24, 2.45) is 0 Å². The Morgan fingerprint density at radius 3 is 2.65 bits per heavy atom. The van der Waals surface area contributed by atoms with Crippen LogP contribution in [0, 0.1) is 10.1 Å². The molecule has 0 aromatic heterocycles. The number of likely N-dealkylation sites (N-methyl/N-ethyl adjacent to an activating group) is 1. The van der Waals surface area contributed by atoms with Gasteiger partial charge in [-0.1, -0.05) is 0 Å². The molecular weight excluding hydrogens is 300 g/mol. The Hall–Kier alpha value is -1.41. The second kappa shape index (κ2) is 7.00. The van der Waals surface area contributed by atoms with Crippen LogP contribution in [-0.2, 0) is 4.74 Å². The van der Waals surface area contributed by atoms with Gasteiger partial charge in [0.15, 0.2) is 0 Å². The zero-order valence-corrected chi connectivity index (χ0v) is 14.4. The van der Waals surface area contributed by atoms with Gasteiger partial charge in [-0.2, -0.15) is 0 Å². The monoisotopic (exact) mass is 328 g/mol. The third-order valence-corrected chi connectivity index (χ3v) is 4.46. The Morgan fingerprint density at radius 1 is 1.35 bits per heavy atom. The van der Waals surface area contributed by atoms with E-state index >= 15 is 0 Å². The van der Waals surface area contributed by atoms with Crippen molar-refractivity contribution in [3.05, 3.63) is 10.1 Å². The molecule has 2 rings (SSSR count). The van der Waals surface area contributed by atoms with Crippen LogP contribution in [0.3, 0.4) is 0 Å². The Kier molecular flexibility index (Phi) is 5.46. The summed E-state index contributed by atoms with van der Waals surface area (Å²) in [6.45, 7) is 7.11. The van der Waals surface area contributed by atoms with E-state index in [1.165, 1.54) is 0 Å². The van der Waals surface area contributed by atoms with Crippen molar-refractivity contribution >= 4 is 6.09 Å². The summed E-state index contributed by atoms with van der Waals surface area (Å²) in [4.78, 5) is 26.7. The standard InChI is InChI=1S/C15H28N4O4/c1-15(2,3)23-14(20)17(4)11-8-9-18(10-11)12-6-5-7-13(16-12)19(21)22/h11-13,16H,5-10H2,1-4H3/t11-,12?,13?/m0/s1. The second-order valence-electron chi connectivity index (χ2n) is 7.44. The second-order valence-corrected chi connectivity index (χ2v) is 7.44. The lowest BCUT2D eigenvalue weighted by molar-refractivity contribution is -0.534. The van der Waals surface area contributed by atoms with Gasteiger partial charge in [0.2, 0.25) is 0 Å². The highest BCUT2D eigenvalue weighted by molar-refractivity contribution is 5.68. The highest BCUT2D eigenvalue weighted by Gasteiger charge is 2.37. The largest absolute Gasteiger partial charge is 0.444 e. The smallest absolute Gasteiger partial charge is 0.410 e. The van der Waals surface area contributed by atoms with Gasteiger partial charge in [0, 0.05) is 37.5 Å². The highest BCUT2D eigenvalue weighted by Crippen LogP contribution is 2.23. The first kappa shape index (κ1) is 17.9. The van der Waals surface area contributed by atoms with E-state index in [1.807, 2.05) is 20.8 Å². The number of hydrogen-bond acceptors (Lipinski definition) is 6. The van der Waals surface area contributed by atoms with Gasteiger partial charge in [-0.05, 0) is 40.0 Å². The summed E-state index contributed by atoms with van der Waals surface area (Å²) >= 11 is 0. The fourth-order valence-corrected chi connectivity index (χ4v) is 3.20. The van der Waals surface area contributed by atoms with E-state index < -0.39 is 11.8 Å². The maximum absolute atomic E-state index is 12.2. The number of nitrogens with one attached hydrogen (secondary N) is 1. The van der Waals surface area contributed by atoms with E-state index in [9.17, 15) is 14.9 Å². The molecule has 2 fully saturated rings. The van der Waals surface area contributed by atoms with Crippen LogP contribution in [0.1, 0.15) is 46.5 Å². The van der Waals surface area contributed by atoms with Crippen molar-refractivity contribution in [3.8, 4) is 0 Å². The predicted octanol–water partition coefficient (Wildman–Crippen LogP) is 1.63. The molecular formula is C15H28N4O4. The molecule has 8 heteroatoms. The topological polar surface area (TPSA) is 88.0 Å². The molecule has 0 spiro atoms. The van der Waals surface area contributed by atoms with Gasteiger partial charge in [0.1, 0.15) is 5.60 Å². The molecule has 0 aromatic rings. The van der Waals surface area contributed by atoms with Crippen molar-refractivity contribution in [3.63, 3.8) is 0 Å². The summed E-state index contributed by atoms with van der Waals surface area (Å²) in [6, 6.07) is 0.0858. The Bertz CT molecular complexity index is 451. The normalized spacial score (nSPS) is 29.3. The van der Waals surface area contributed by atoms with Crippen LogP contribution in [0.2, 0.25) is 0 Å². The number of carbonyl (C=O) groups excluding carboxylic acids is 1. The van der Waals surface area contributed by atoms with Crippen LogP contribution in [0.5, 0.6) is 0 Å². The molecule has 0 aliphatic carbocycles. The SMILES string of the molecule is CN(C(=O)OC(C)(C)C)[C@H]1CCN(C2CCCC([N+](=O)[O-])N2)C1. The van der Waals surface area contributed by atoms with Crippen LogP contribution in [0.25, 0.3) is 0 Å². The summed E-state index contributed by atoms with van der Waals surface area (Å²) in [7, 11) is 1.76. The van der Waals surface area contributed by atoms with Gasteiger partial charge in [-0.15, -0.1) is 0 Å².